The predicted octanol–water partition coefficient (Wildman–Crippen LogP) is 31.1. The number of para-hydroxylation sites is 3. The molecule has 124 heavy (non-hydrogen) atoms. The zero-order valence-corrected chi connectivity index (χ0v) is 81.5. The minimum Gasteiger partial charge on any atom is -0.465 e. The molecule has 14 heteroatoms. The van der Waals surface area contributed by atoms with E-state index in [1.165, 1.54) is 28.3 Å². The number of thioether (sulfide) groups is 1. The van der Waals surface area contributed by atoms with Gasteiger partial charge in [0.15, 0.2) is 0 Å². The number of benzene rings is 8. The van der Waals surface area contributed by atoms with Crippen LogP contribution in [0.4, 0.5) is 5.69 Å². The second-order valence-corrected chi connectivity index (χ2v) is 29.6. The van der Waals surface area contributed by atoms with Crippen LogP contribution in [0.2, 0.25) is 0 Å². The Morgan fingerprint density at radius 2 is 0.927 bits per heavy atom. The van der Waals surface area contributed by atoms with E-state index >= 15 is 0 Å². The number of aliphatic hydroxyl groups is 1. The lowest BCUT2D eigenvalue weighted by molar-refractivity contribution is -0.149. The fourth-order valence-corrected chi connectivity index (χ4v) is 12.3. The smallest absolute Gasteiger partial charge is 0.316 e. The van der Waals surface area contributed by atoms with Gasteiger partial charge in [0, 0.05) is 57.3 Å². The Balaban J connectivity index is -0.000000433. The summed E-state index contributed by atoms with van der Waals surface area (Å²) in [6.07, 6.45) is 15.7. The number of nitrogens with one attached hydrogen (secondary N) is 2. The van der Waals surface area contributed by atoms with Gasteiger partial charge in [0.2, 0.25) is 11.8 Å². The third-order valence-corrected chi connectivity index (χ3v) is 21.3. The molecule has 0 spiro atoms. The molecule has 8 aromatic carbocycles. The summed E-state index contributed by atoms with van der Waals surface area (Å²) in [5, 5.41) is 18.5. The number of fused-ring (bicyclic) bond motifs is 6. The second kappa shape index (κ2) is 76.1. The number of nitrogens with two attached hydrogens (primary N) is 1. The molecule has 1 aliphatic heterocycles. The number of hydrogen-bond acceptors (Lipinski definition) is 12. The molecule has 13 nitrogen and oxygen atoms in total. The normalized spacial score (nSPS) is 13.5. The van der Waals surface area contributed by atoms with Crippen LogP contribution in [0.15, 0.2) is 246 Å². The van der Waals surface area contributed by atoms with E-state index in [1.807, 2.05) is 325 Å². The van der Waals surface area contributed by atoms with E-state index in [1.54, 1.807) is 28.2 Å². The van der Waals surface area contributed by atoms with Crippen molar-refractivity contribution in [1.82, 2.24) is 5.32 Å². The summed E-state index contributed by atoms with van der Waals surface area (Å²) in [4.78, 5) is 58.9. The summed E-state index contributed by atoms with van der Waals surface area (Å²) in [5.41, 5.74) is 15.8. The summed E-state index contributed by atoms with van der Waals surface area (Å²) in [5.74, 6) is 2.17. The molecule has 5 N–H and O–H groups in total. The van der Waals surface area contributed by atoms with Crippen LogP contribution in [0.1, 0.15) is 324 Å². The quantitative estimate of drug-likeness (QED) is 0.0313. The van der Waals surface area contributed by atoms with Crippen molar-refractivity contribution in [2.24, 2.45) is 34.8 Å². The minimum absolute atomic E-state index is 0. The van der Waals surface area contributed by atoms with E-state index in [0.717, 1.165) is 72.9 Å². The number of anilines is 1. The molecule has 10 unspecified atom stereocenters. The van der Waals surface area contributed by atoms with E-state index in [4.69, 9.17) is 24.4 Å². The number of aliphatic hydroxyl groups excluding tert-OH is 1. The number of rotatable bonds is 25. The maximum atomic E-state index is 11.6. The van der Waals surface area contributed by atoms with Crippen LogP contribution in [0.25, 0.3) is 21.9 Å². The average Bonchev–Trinajstić information content (AvgIpc) is 1.64. The lowest BCUT2D eigenvalue weighted by atomic mass is 9.89. The van der Waals surface area contributed by atoms with E-state index < -0.39 is 11.5 Å². The van der Waals surface area contributed by atoms with Crippen LogP contribution in [-0.4, -0.2) is 59.8 Å². The van der Waals surface area contributed by atoms with Gasteiger partial charge in [-0.2, -0.15) is 0 Å². The maximum absolute atomic E-state index is 11.6. The van der Waals surface area contributed by atoms with Crippen molar-refractivity contribution in [3.05, 3.63) is 270 Å². The number of carbonyl (C=O) groups excluding carboxylic acids is 5. The molecule has 1 aliphatic carbocycles. The number of esters is 3. The molecular weight excluding hydrogens is 1560 g/mol. The summed E-state index contributed by atoms with van der Waals surface area (Å²) >= 11 is 2.05. The fraction of sp³-hybridized carbons (Fsp3) is 0.482. The van der Waals surface area contributed by atoms with E-state index in [-0.39, 0.29) is 87.4 Å². The van der Waals surface area contributed by atoms with Crippen molar-refractivity contribution < 1.29 is 47.7 Å². The van der Waals surface area contributed by atoms with Gasteiger partial charge in [-0.05, 0) is 140 Å². The molecule has 9 aromatic rings. The molecule has 0 saturated carbocycles. The Bertz CT molecular complexity index is 4080. The highest BCUT2D eigenvalue weighted by atomic mass is 32.2. The molecule has 11 rings (SSSR count). The first-order valence-electron chi connectivity index (χ1n) is 45.8. The van der Waals surface area contributed by atoms with Crippen LogP contribution in [0, 0.1) is 29.1 Å². The van der Waals surface area contributed by atoms with Crippen molar-refractivity contribution in [3.63, 3.8) is 0 Å². The zero-order chi connectivity index (χ0) is 93.0. The van der Waals surface area contributed by atoms with Crippen molar-refractivity contribution >= 4 is 69.1 Å². The molecule has 0 saturated heterocycles. The van der Waals surface area contributed by atoms with E-state index in [0.29, 0.717) is 35.4 Å². The standard InChI is InChI=1S/C16H16O.C16H18S.2C13H19NO2.C13H18O2.C12H16O2.C11H15NO.7C2H6.2CH4/c1-3-11(2)12-8-9-14-13-6-4-5-7-15(13)17-16(14)10-12;1-3-11(2)12-8-6-9-14-13-7-4-5-10-15(13)17-16(12)14;1-3-10(2)13(15)16-9-12(14)11-7-5-4-6-8-11;1-3-10(2)13(16)14-9-12(15)11-7-5-4-6-8-11;1-3-11(2)13(14)15-10-9-12-7-5-4-6-8-12;1-4-12(2,3)11(13)14-10-8-6-5-7-9-10;1-3-9(2)11(13)12-10-7-5-4-6-8-10;7*1-2;;/h4-11H,3H2,1-2H3;4-11,13,15H,3H2,1-2H3;4-8,10,12H,3,9,14H2,1-2H3;4-8,10,12,15H,3,9H2,1-2H3,(H,14,16);4-8,11H,3,9-10H2,1-2H3;5-9H,4H2,1-3H3;4-9H,3H2,1-2H3,(H,12,13);7*1-2H3;2*1H4. The zero-order valence-electron chi connectivity index (χ0n) is 80.7. The largest absolute Gasteiger partial charge is 0.465 e. The lowest BCUT2D eigenvalue weighted by Crippen LogP contribution is -2.32. The van der Waals surface area contributed by atoms with Gasteiger partial charge in [-0.3, -0.25) is 24.0 Å². The molecule has 692 valence electrons. The van der Waals surface area contributed by atoms with Crippen LogP contribution in [0.5, 0.6) is 5.75 Å². The van der Waals surface area contributed by atoms with Crippen LogP contribution >= 0.6 is 11.8 Å². The van der Waals surface area contributed by atoms with Gasteiger partial charge in [0.25, 0.3) is 0 Å². The first-order valence-corrected chi connectivity index (χ1v) is 46.7. The van der Waals surface area contributed by atoms with Crippen LogP contribution in [0.3, 0.4) is 0 Å². The van der Waals surface area contributed by atoms with Crippen molar-refractivity contribution in [2.45, 2.75) is 307 Å². The summed E-state index contributed by atoms with van der Waals surface area (Å²) in [7, 11) is 0. The van der Waals surface area contributed by atoms with E-state index in [2.05, 4.69) is 123 Å². The Labute approximate surface area is 760 Å². The summed E-state index contributed by atoms with van der Waals surface area (Å²) in [6, 6.07) is 69.1. The minimum atomic E-state index is -0.630. The highest BCUT2D eigenvalue weighted by Crippen LogP contribution is 2.51. The second-order valence-electron chi connectivity index (χ2n) is 28.4. The molecule has 10 atom stereocenters. The molecule has 0 radical (unpaired) electrons. The number of hydrogen-bond donors (Lipinski definition) is 4. The molecule has 2 amide bonds. The van der Waals surface area contributed by atoms with Gasteiger partial charge < -0.3 is 40.1 Å². The average molecular weight is 1730 g/mol. The first kappa shape index (κ1) is 123. The maximum Gasteiger partial charge on any atom is 0.316 e. The molecule has 0 fully saturated rings. The third kappa shape index (κ3) is 47.1. The first-order chi connectivity index (χ1) is 58.9. The highest BCUT2D eigenvalue weighted by Gasteiger charge is 2.33. The van der Waals surface area contributed by atoms with Gasteiger partial charge in [0.1, 0.15) is 23.5 Å². The SMILES string of the molecule is C.C.CC.CC.CC.CC.CC.CC.CC.CCC(C)(C)C(=O)Oc1ccccc1.CCC(C)C(=O)NCC(O)c1ccccc1.CCC(C)C(=O)Nc1ccccc1.CCC(C)C(=O)OCC(N)c1ccccc1.CCC(C)C(=O)OCCc1ccccc1.CCC(C)c1ccc2c(c1)oc1ccccc12.CCC(C)c1cccc2c1SC1C=CC=CC21. The Kier molecular flexibility index (Phi) is 75.6. The third-order valence-electron chi connectivity index (χ3n) is 19.8. The molecule has 1 aromatic heterocycles. The Hall–Kier alpha value is -9.34. The number of ether oxygens (including phenoxy) is 3. The molecular formula is C110H171N3O10S. The lowest BCUT2D eigenvalue weighted by Gasteiger charge is -2.19. The van der Waals surface area contributed by atoms with Crippen molar-refractivity contribution in [3.8, 4) is 5.75 Å². The number of carbonyl (C=O) groups is 5. The van der Waals surface area contributed by atoms with Gasteiger partial charge in [-0.1, -0.05) is 402 Å². The molecule has 0 bridgehead atoms. The molecule has 2 aliphatic rings. The Morgan fingerprint density at radius 1 is 0.476 bits per heavy atom. The highest BCUT2D eigenvalue weighted by molar-refractivity contribution is 8.00. The number of furan rings is 1. The Morgan fingerprint density at radius 3 is 1.44 bits per heavy atom. The monoisotopic (exact) mass is 1730 g/mol. The van der Waals surface area contributed by atoms with Crippen LogP contribution < -0.4 is 21.1 Å². The van der Waals surface area contributed by atoms with Crippen molar-refractivity contribution in [2.75, 3.05) is 25.1 Å². The van der Waals surface area contributed by atoms with Gasteiger partial charge in [-0.15, -0.1) is 11.8 Å². The van der Waals surface area contributed by atoms with Crippen LogP contribution in [-0.2, 0) is 39.9 Å². The van der Waals surface area contributed by atoms with E-state index in [9.17, 15) is 29.1 Å². The fourth-order valence-electron chi connectivity index (χ4n) is 10.7. The predicted molar refractivity (Wildman–Crippen MR) is 540 cm³/mol. The number of allylic oxidation sites excluding steroid dienone is 3. The molecule has 2 heterocycles. The number of amides is 2. The topological polar surface area (TPSA) is 196 Å². The van der Waals surface area contributed by atoms with Gasteiger partial charge >= 0.3 is 17.9 Å². The summed E-state index contributed by atoms with van der Waals surface area (Å²) < 4.78 is 21.4. The van der Waals surface area contributed by atoms with Crippen molar-refractivity contribution in [1.29, 1.82) is 0 Å². The summed E-state index contributed by atoms with van der Waals surface area (Å²) in [6.45, 7) is 59.3. The van der Waals surface area contributed by atoms with Gasteiger partial charge in [-0.25, -0.2) is 0 Å². The van der Waals surface area contributed by atoms with Gasteiger partial charge in [0.05, 0.1) is 36.0 Å².